The molecule has 6 rings (SSSR count). The summed E-state index contributed by atoms with van der Waals surface area (Å²) in [6, 6.07) is 19.7. The van der Waals surface area contributed by atoms with Crippen molar-refractivity contribution in [1.29, 1.82) is 5.26 Å². The highest BCUT2D eigenvalue weighted by atomic mass is 15.2. The molecule has 4 heteroatoms. The summed E-state index contributed by atoms with van der Waals surface area (Å²) in [5.41, 5.74) is 9.89. The summed E-state index contributed by atoms with van der Waals surface area (Å²) >= 11 is 0. The van der Waals surface area contributed by atoms with Gasteiger partial charge < -0.3 is 9.80 Å². The van der Waals surface area contributed by atoms with Gasteiger partial charge in [0.25, 0.3) is 0 Å². The van der Waals surface area contributed by atoms with Crippen LogP contribution >= 0.6 is 0 Å². The summed E-state index contributed by atoms with van der Waals surface area (Å²) in [6.07, 6.45) is 9.14. The van der Waals surface area contributed by atoms with Gasteiger partial charge in [0.15, 0.2) is 0 Å². The Balaban J connectivity index is 1.18. The molecule has 0 unspecified atom stereocenters. The van der Waals surface area contributed by atoms with Gasteiger partial charge in [-0.3, -0.25) is 0 Å². The van der Waals surface area contributed by atoms with Crippen molar-refractivity contribution in [2.45, 2.75) is 50.9 Å². The second kappa shape index (κ2) is 9.13. The van der Waals surface area contributed by atoms with Crippen LogP contribution in [0.3, 0.4) is 0 Å². The van der Waals surface area contributed by atoms with E-state index in [0.717, 1.165) is 62.5 Å². The molecule has 36 heavy (non-hydrogen) atoms. The van der Waals surface area contributed by atoms with E-state index in [1.165, 1.54) is 52.6 Å². The van der Waals surface area contributed by atoms with Crippen LogP contribution in [0.4, 0.5) is 5.82 Å². The number of pyridine rings is 1. The molecule has 1 aliphatic carbocycles. The average Bonchev–Trinajstić information content (AvgIpc) is 3.58. The van der Waals surface area contributed by atoms with Gasteiger partial charge >= 0.3 is 0 Å². The molecular formula is C32H34N4. The number of aromatic nitrogens is 1. The van der Waals surface area contributed by atoms with Gasteiger partial charge in [-0.25, -0.2) is 4.98 Å². The largest absolute Gasteiger partial charge is 0.371 e. The van der Waals surface area contributed by atoms with Crippen LogP contribution in [0, 0.1) is 18.3 Å². The molecule has 0 radical (unpaired) electrons. The number of hydrogen-bond donors (Lipinski definition) is 0. The number of rotatable bonds is 4. The fourth-order valence-corrected chi connectivity index (χ4v) is 6.59. The van der Waals surface area contributed by atoms with Crippen LogP contribution in [0.2, 0.25) is 0 Å². The summed E-state index contributed by atoms with van der Waals surface area (Å²) in [4.78, 5) is 9.63. The minimum atomic E-state index is 0.265. The quantitative estimate of drug-likeness (QED) is 0.434. The lowest BCUT2D eigenvalue weighted by Gasteiger charge is -2.42. The summed E-state index contributed by atoms with van der Waals surface area (Å²) in [6.45, 7) is 11.0. The molecule has 3 aliphatic rings. The summed E-state index contributed by atoms with van der Waals surface area (Å²) in [5, 5.41) is 9.27. The highest BCUT2D eigenvalue weighted by molar-refractivity contribution is 5.74. The minimum absolute atomic E-state index is 0.265. The Morgan fingerprint density at radius 1 is 0.972 bits per heavy atom. The third-order valence-electron chi connectivity index (χ3n) is 8.84. The van der Waals surface area contributed by atoms with Gasteiger partial charge in [0, 0.05) is 43.6 Å². The van der Waals surface area contributed by atoms with Crippen molar-refractivity contribution in [3.05, 3.63) is 89.1 Å². The van der Waals surface area contributed by atoms with Crippen LogP contribution in [-0.2, 0) is 11.8 Å². The molecule has 3 aromatic rings. The van der Waals surface area contributed by atoms with Crippen molar-refractivity contribution < 1.29 is 0 Å². The standard InChI is InChI=1S/C32H34N4/c1-23-5-7-26(20-29(23)28-8-10-31(34-22-28)36-15-3-4-16-36)24(2)35-17-13-32(14-18-35)12-11-27-19-25(21-33)6-9-30(27)32/h5-10,19-20,22H,2-4,11-18H2,1H3. The van der Waals surface area contributed by atoms with Crippen LogP contribution < -0.4 is 4.90 Å². The zero-order valence-corrected chi connectivity index (χ0v) is 21.3. The number of hydrogen-bond acceptors (Lipinski definition) is 4. The van der Waals surface area contributed by atoms with Crippen molar-refractivity contribution in [3.8, 4) is 17.2 Å². The molecule has 2 fully saturated rings. The van der Waals surface area contributed by atoms with Gasteiger partial charge in [-0.05, 0) is 109 Å². The van der Waals surface area contributed by atoms with E-state index in [1.54, 1.807) is 0 Å². The maximum atomic E-state index is 9.27. The molecule has 0 saturated carbocycles. The van der Waals surface area contributed by atoms with Gasteiger partial charge in [0.1, 0.15) is 5.82 Å². The van der Waals surface area contributed by atoms with Gasteiger partial charge in [-0.2, -0.15) is 5.26 Å². The first-order valence-corrected chi connectivity index (χ1v) is 13.4. The number of aryl methyl sites for hydroxylation is 2. The fraction of sp³-hybridized carbons (Fsp3) is 0.375. The first kappa shape index (κ1) is 22.9. The Kier molecular flexibility index (Phi) is 5.80. The summed E-state index contributed by atoms with van der Waals surface area (Å²) in [5.74, 6) is 1.09. The van der Waals surface area contributed by atoms with Crippen LogP contribution in [0.15, 0.2) is 61.3 Å². The molecule has 2 aromatic carbocycles. The van der Waals surface area contributed by atoms with Crippen LogP contribution in [-0.4, -0.2) is 36.1 Å². The smallest absolute Gasteiger partial charge is 0.128 e. The molecular weight excluding hydrogens is 440 g/mol. The van der Waals surface area contributed by atoms with E-state index in [9.17, 15) is 5.26 Å². The number of benzene rings is 2. The lowest BCUT2D eigenvalue weighted by atomic mass is 9.73. The van der Waals surface area contributed by atoms with Crippen molar-refractivity contribution in [3.63, 3.8) is 0 Å². The summed E-state index contributed by atoms with van der Waals surface area (Å²) < 4.78 is 0. The molecule has 0 bridgehead atoms. The molecule has 4 nitrogen and oxygen atoms in total. The first-order chi connectivity index (χ1) is 17.6. The van der Waals surface area contributed by atoms with Crippen molar-refractivity contribution in [2.75, 3.05) is 31.1 Å². The van der Waals surface area contributed by atoms with E-state index in [2.05, 4.69) is 71.8 Å². The molecule has 1 spiro atoms. The molecule has 1 aromatic heterocycles. The third kappa shape index (κ3) is 3.97. The van der Waals surface area contributed by atoms with Crippen molar-refractivity contribution >= 4 is 11.5 Å². The van der Waals surface area contributed by atoms with E-state index in [-0.39, 0.29) is 5.41 Å². The van der Waals surface area contributed by atoms with Gasteiger partial charge in [-0.15, -0.1) is 0 Å². The molecule has 0 amide bonds. The van der Waals surface area contributed by atoms with E-state index >= 15 is 0 Å². The highest BCUT2D eigenvalue weighted by Crippen LogP contribution is 2.47. The van der Waals surface area contributed by atoms with E-state index in [1.807, 2.05) is 12.3 Å². The predicted octanol–water partition coefficient (Wildman–Crippen LogP) is 6.48. The average molecular weight is 475 g/mol. The van der Waals surface area contributed by atoms with E-state index in [4.69, 9.17) is 4.98 Å². The zero-order valence-electron chi connectivity index (χ0n) is 21.3. The second-order valence-corrected chi connectivity index (χ2v) is 10.8. The van der Waals surface area contributed by atoms with Crippen LogP contribution in [0.1, 0.15) is 59.9 Å². The SMILES string of the molecule is C=C(c1ccc(C)c(-c2ccc(N3CCCC3)nc2)c1)N1CCC2(CCc3cc(C#N)ccc32)CC1. The number of nitriles is 1. The second-order valence-electron chi connectivity index (χ2n) is 10.8. The molecule has 3 heterocycles. The van der Waals surface area contributed by atoms with Gasteiger partial charge in [0.2, 0.25) is 0 Å². The Hall–Kier alpha value is -3.58. The number of fused-ring (bicyclic) bond motifs is 2. The minimum Gasteiger partial charge on any atom is -0.371 e. The summed E-state index contributed by atoms with van der Waals surface area (Å²) in [7, 11) is 0. The van der Waals surface area contributed by atoms with E-state index in [0.29, 0.717) is 0 Å². The molecule has 0 atom stereocenters. The normalized spacial score (nSPS) is 18.3. The molecule has 0 N–H and O–H groups in total. The van der Waals surface area contributed by atoms with Crippen LogP contribution in [0.25, 0.3) is 16.8 Å². The Bertz CT molecular complexity index is 1330. The van der Waals surface area contributed by atoms with Gasteiger partial charge in [0.05, 0.1) is 11.6 Å². The van der Waals surface area contributed by atoms with Gasteiger partial charge in [-0.1, -0.05) is 24.8 Å². The van der Waals surface area contributed by atoms with Crippen molar-refractivity contribution in [2.24, 2.45) is 0 Å². The highest BCUT2D eigenvalue weighted by Gasteiger charge is 2.41. The topological polar surface area (TPSA) is 43.2 Å². The Labute approximate surface area is 214 Å². The molecule has 182 valence electrons. The van der Waals surface area contributed by atoms with E-state index < -0.39 is 0 Å². The van der Waals surface area contributed by atoms with Crippen molar-refractivity contribution in [1.82, 2.24) is 9.88 Å². The maximum Gasteiger partial charge on any atom is 0.128 e. The fourth-order valence-electron chi connectivity index (χ4n) is 6.59. The Morgan fingerprint density at radius 2 is 1.78 bits per heavy atom. The number of nitrogens with zero attached hydrogens (tertiary/aromatic N) is 4. The monoisotopic (exact) mass is 474 g/mol. The molecule has 2 aliphatic heterocycles. The maximum absolute atomic E-state index is 9.27. The third-order valence-corrected chi connectivity index (χ3v) is 8.84. The number of likely N-dealkylation sites (tertiary alicyclic amines) is 1. The lowest BCUT2D eigenvalue weighted by molar-refractivity contribution is 0.216. The first-order valence-electron chi connectivity index (χ1n) is 13.4. The zero-order chi connectivity index (χ0) is 24.7. The number of anilines is 1. The lowest BCUT2D eigenvalue weighted by Crippen LogP contribution is -2.40. The molecule has 2 saturated heterocycles. The Morgan fingerprint density at radius 3 is 2.50 bits per heavy atom. The predicted molar refractivity (Wildman–Crippen MR) is 147 cm³/mol. The number of piperidine rings is 1. The van der Waals surface area contributed by atoms with Crippen LogP contribution in [0.5, 0.6) is 0 Å².